The summed E-state index contributed by atoms with van der Waals surface area (Å²) in [5.41, 5.74) is 0.553. The van der Waals surface area contributed by atoms with E-state index in [-0.39, 0.29) is 0 Å². The molecule has 0 aliphatic carbocycles. The molecule has 1 atom stereocenters. The van der Waals surface area contributed by atoms with Gasteiger partial charge < -0.3 is 4.74 Å². The smallest absolute Gasteiger partial charge is 0.0590 e. The fourth-order valence-corrected chi connectivity index (χ4v) is 2.65. The average molecular weight is 281 g/mol. The highest BCUT2D eigenvalue weighted by molar-refractivity contribution is 14.1. The fraction of sp³-hybridized carbons (Fsp3) is 1.00. The van der Waals surface area contributed by atoms with E-state index in [4.69, 9.17) is 4.74 Å². The molecule has 0 aromatic rings. The van der Waals surface area contributed by atoms with Crippen molar-refractivity contribution < 1.29 is 4.74 Å². The molecule has 2 saturated heterocycles. The topological polar surface area (TPSA) is 12.5 Å². The Bertz CT molecular complexity index is 168. The molecular formula is C9H16INO. The lowest BCUT2D eigenvalue weighted by molar-refractivity contribution is -0.144. The molecule has 2 aliphatic rings. The number of hydrogen-bond donors (Lipinski definition) is 0. The van der Waals surface area contributed by atoms with Crippen molar-refractivity contribution in [2.24, 2.45) is 5.41 Å². The maximum absolute atomic E-state index is 5.31. The highest BCUT2D eigenvalue weighted by Gasteiger charge is 2.42. The Morgan fingerprint density at radius 3 is 2.75 bits per heavy atom. The molecule has 0 saturated carbocycles. The minimum Gasteiger partial charge on any atom is -0.380 e. The Balaban J connectivity index is 1.94. The molecule has 0 amide bonds. The molecule has 0 aromatic carbocycles. The molecule has 12 heavy (non-hydrogen) atoms. The van der Waals surface area contributed by atoms with Crippen molar-refractivity contribution in [2.75, 3.05) is 26.3 Å². The normalized spacial score (nSPS) is 31.5. The van der Waals surface area contributed by atoms with Crippen molar-refractivity contribution in [1.29, 1.82) is 0 Å². The Labute approximate surface area is 87.8 Å². The first-order chi connectivity index (χ1) is 5.72. The van der Waals surface area contributed by atoms with E-state index >= 15 is 0 Å². The van der Waals surface area contributed by atoms with Crippen LogP contribution in [-0.4, -0.2) is 35.3 Å². The molecule has 0 aromatic heterocycles. The van der Waals surface area contributed by atoms with Crippen molar-refractivity contribution in [3.8, 4) is 0 Å². The molecule has 70 valence electrons. The number of ether oxygens (including phenoxy) is 1. The fourth-order valence-electron chi connectivity index (χ4n) is 2.18. The van der Waals surface area contributed by atoms with Gasteiger partial charge in [-0.2, -0.15) is 0 Å². The predicted octanol–water partition coefficient (Wildman–Crippen LogP) is 1.88. The van der Waals surface area contributed by atoms with Crippen LogP contribution in [0.15, 0.2) is 0 Å². The predicted molar refractivity (Wildman–Crippen MR) is 57.5 cm³/mol. The van der Waals surface area contributed by atoms with Crippen LogP contribution in [0.5, 0.6) is 0 Å². The first kappa shape index (κ1) is 9.21. The van der Waals surface area contributed by atoms with Crippen LogP contribution < -0.4 is 0 Å². The van der Waals surface area contributed by atoms with Gasteiger partial charge in [0.25, 0.3) is 0 Å². The van der Waals surface area contributed by atoms with E-state index in [1.54, 1.807) is 0 Å². The van der Waals surface area contributed by atoms with Gasteiger partial charge in [0.2, 0.25) is 0 Å². The Morgan fingerprint density at radius 1 is 1.50 bits per heavy atom. The second kappa shape index (κ2) is 3.42. The van der Waals surface area contributed by atoms with Crippen LogP contribution >= 0.6 is 22.6 Å². The zero-order valence-electron chi connectivity index (χ0n) is 7.55. The SMILES string of the molecule is C[C@@H](I)N1CCCC2(COC2)C1. The van der Waals surface area contributed by atoms with Crippen LogP contribution in [0.1, 0.15) is 19.8 Å². The molecule has 0 radical (unpaired) electrons. The van der Waals surface area contributed by atoms with E-state index in [0.717, 1.165) is 13.2 Å². The lowest BCUT2D eigenvalue weighted by Gasteiger charge is -2.49. The van der Waals surface area contributed by atoms with E-state index in [2.05, 4.69) is 34.4 Å². The number of alkyl halides is 1. The molecule has 2 aliphatic heterocycles. The molecule has 2 fully saturated rings. The van der Waals surface area contributed by atoms with Gasteiger partial charge in [-0.25, -0.2) is 0 Å². The van der Waals surface area contributed by atoms with E-state index < -0.39 is 0 Å². The second-order valence-corrected chi connectivity index (χ2v) is 5.94. The molecule has 2 rings (SSSR count). The monoisotopic (exact) mass is 281 g/mol. The van der Waals surface area contributed by atoms with Crippen molar-refractivity contribution in [3.63, 3.8) is 0 Å². The van der Waals surface area contributed by atoms with E-state index in [9.17, 15) is 0 Å². The first-order valence-corrected chi connectivity index (χ1v) is 5.92. The lowest BCUT2D eigenvalue weighted by Crippen LogP contribution is -2.55. The number of likely N-dealkylation sites (tertiary alicyclic amines) is 1. The van der Waals surface area contributed by atoms with Crippen LogP contribution in [0.3, 0.4) is 0 Å². The summed E-state index contributed by atoms with van der Waals surface area (Å²) < 4.78 is 6.00. The zero-order chi connectivity index (χ0) is 8.60. The van der Waals surface area contributed by atoms with Crippen molar-refractivity contribution in [2.45, 2.75) is 23.8 Å². The summed E-state index contributed by atoms with van der Waals surface area (Å²) in [5, 5.41) is 0. The summed E-state index contributed by atoms with van der Waals surface area (Å²) in [6.45, 7) is 6.84. The first-order valence-electron chi connectivity index (χ1n) is 4.68. The molecule has 0 N–H and O–H groups in total. The van der Waals surface area contributed by atoms with Crippen molar-refractivity contribution in [1.82, 2.24) is 4.90 Å². The van der Waals surface area contributed by atoms with Gasteiger partial charge in [-0.05, 0) is 26.3 Å². The summed E-state index contributed by atoms with van der Waals surface area (Å²) in [5.74, 6) is 0. The Hall–Kier alpha value is 0.650. The summed E-state index contributed by atoms with van der Waals surface area (Å²) in [4.78, 5) is 2.58. The minimum atomic E-state index is 0.553. The largest absolute Gasteiger partial charge is 0.380 e. The molecule has 3 heteroatoms. The van der Waals surface area contributed by atoms with Gasteiger partial charge in [0.05, 0.1) is 17.3 Å². The Morgan fingerprint density at radius 2 is 2.25 bits per heavy atom. The minimum absolute atomic E-state index is 0.553. The van der Waals surface area contributed by atoms with Gasteiger partial charge in [-0.1, -0.05) is 22.6 Å². The van der Waals surface area contributed by atoms with E-state index in [1.807, 2.05) is 0 Å². The summed E-state index contributed by atoms with van der Waals surface area (Å²) >= 11 is 2.50. The van der Waals surface area contributed by atoms with Crippen LogP contribution in [0.25, 0.3) is 0 Å². The van der Waals surface area contributed by atoms with Gasteiger partial charge in [0.15, 0.2) is 0 Å². The molecule has 1 spiro atoms. The maximum atomic E-state index is 5.31. The molecular weight excluding hydrogens is 265 g/mol. The van der Waals surface area contributed by atoms with E-state index in [0.29, 0.717) is 9.46 Å². The second-order valence-electron chi connectivity index (χ2n) is 4.14. The van der Waals surface area contributed by atoms with Crippen LogP contribution in [-0.2, 0) is 4.74 Å². The highest BCUT2D eigenvalue weighted by Crippen LogP contribution is 2.37. The maximum Gasteiger partial charge on any atom is 0.0590 e. The number of halogens is 1. The zero-order valence-corrected chi connectivity index (χ0v) is 9.71. The number of rotatable bonds is 1. The van der Waals surface area contributed by atoms with Gasteiger partial charge >= 0.3 is 0 Å². The lowest BCUT2D eigenvalue weighted by atomic mass is 9.78. The number of nitrogens with zero attached hydrogens (tertiary/aromatic N) is 1. The molecule has 0 unspecified atom stereocenters. The van der Waals surface area contributed by atoms with Gasteiger partial charge in [-0.15, -0.1) is 0 Å². The van der Waals surface area contributed by atoms with Crippen LogP contribution in [0, 0.1) is 5.41 Å². The molecule has 2 nitrogen and oxygen atoms in total. The highest BCUT2D eigenvalue weighted by atomic mass is 127. The summed E-state index contributed by atoms with van der Waals surface area (Å²) in [6, 6.07) is 0. The number of hydrogen-bond acceptors (Lipinski definition) is 2. The Kier molecular flexibility index (Phi) is 2.63. The van der Waals surface area contributed by atoms with Crippen LogP contribution in [0.4, 0.5) is 0 Å². The van der Waals surface area contributed by atoms with Gasteiger partial charge in [0, 0.05) is 12.0 Å². The summed E-state index contributed by atoms with van der Waals surface area (Å²) in [7, 11) is 0. The van der Waals surface area contributed by atoms with Crippen molar-refractivity contribution >= 4 is 22.6 Å². The third-order valence-electron chi connectivity index (χ3n) is 3.01. The third-order valence-corrected chi connectivity index (χ3v) is 3.80. The van der Waals surface area contributed by atoms with Gasteiger partial charge in [-0.3, -0.25) is 4.90 Å². The average Bonchev–Trinajstić information content (AvgIpc) is 2.02. The molecule has 2 heterocycles. The quantitative estimate of drug-likeness (QED) is 0.413. The van der Waals surface area contributed by atoms with Crippen LogP contribution in [0.2, 0.25) is 0 Å². The third kappa shape index (κ3) is 1.63. The molecule has 0 bridgehead atoms. The standard InChI is InChI=1S/C9H16INO/c1-8(10)11-4-2-3-9(5-11)6-12-7-9/h8H,2-7H2,1H3/t8-/m0/s1. The van der Waals surface area contributed by atoms with Crippen molar-refractivity contribution in [3.05, 3.63) is 0 Å². The summed E-state index contributed by atoms with van der Waals surface area (Å²) in [6.07, 6.45) is 2.74. The number of piperidine rings is 1. The van der Waals surface area contributed by atoms with E-state index in [1.165, 1.54) is 25.9 Å². The van der Waals surface area contributed by atoms with Gasteiger partial charge in [0.1, 0.15) is 0 Å².